The van der Waals surface area contributed by atoms with E-state index in [-0.39, 0.29) is 6.61 Å². The molecule has 4 atom stereocenters. The molecule has 1 fully saturated rings. The van der Waals surface area contributed by atoms with E-state index >= 15 is 0 Å². The molecule has 0 saturated carbocycles. The molecule has 1 aliphatic heterocycles. The van der Waals surface area contributed by atoms with Crippen molar-refractivity contribution in [3.8, 4) is 0 Å². The van der Waals surface area contributed by atoms with Crippen LogP contribution in [0, 0.1) is 6.92 Å². The quantitative estimate of drug-likeness (QED) is 0.619. The molecular weight excluding hydrogens is 420 g/mol. The first kappa shape index (κ1) is 23.4. The molecule has 1 saturated heterocycles. The Labute approximate surface area is 183 Å². The molecule has 0 unspecified atom stereocenters. The maximum absolute atomic E-state index is 12.6. The van der Waals surface area contributed by atoms with Crippen molar-refractivity contribution in [2.24, 2.45) is 0 Å². The Bertz CT molecular complexity index is 1140. The molecule has 1 aromatic heterocycles. The summed E-state index contributed by atoms with van der Waals surface area (Å²) in [4.78, 5) is 50.3. The Balaban J connectivity index is 2.22. The van der Waals surface area contributed by atoms with Crippen LogP contribution in [0.5, 0.6) is 0 Å². The van der Waals surface area contributed by atoms with Gasteiger partial charge in [-0.15, -0.1) is 0 Å². The number of benzene rings is 1. The van der Waals surface area contributed by atoms with Gasteiger partial charge in [-0.2, -0.15) is 0 Å². The molecule has 2 N–H and O–H groups in total. The van der Waals surface area contributed by atoms with Crippen LogP contribution in [0.15, 0.2) is 40.1 Å². The summed E-state index contributed by atoms with van der Waals surface area (Å²) < 4.78 is 17.7. The standard InChI is InChI=1S/C22H26N2O8/c1-5-15-10-24(21(28)23-19(15)27)20-18(31-14(4)26)22(29,16-9-7-6-8-12(16)2)17(32-20)11-30-13(3)25/h6-10,17-18,20,29H,5,11H2,1-4H3,(H,23,27,28)/t17-,18+,20-,22+/m1/s1. The van der Waals surface area contributed by atoms with Crippen LogP contribution in [-0.4, -0.2) is 45.4 Å². The summed E-state index contributed by atoms with van der Waals surface area (Å²) >= 11 is 0. The van der Waals surface area contributed by atoms with E-state index in [4.69, 9.17) is 14.2 Å². The zero-order valence-electron chi connectivity index (χ0n) is 18.3. The minimum atomic E-state index is -1.96. The monoisotopic (exact) mass is 446 g/mol. The summed E-state index contributed by atoms with van der Waals surface area (Å²) in [6.07, 6.45) is -2.20. The van der Waals surface area contributed by atoms with Gasteiger partial charge < -0.3 is 19.3 Å². The van der Waals surface area contributed by atoms with Gasteiger partial charge >= 0.3 is 17.6 Å². The zero-order chi connectivity index (χ0) is 23.6. The summed E-state index contributed by atoms with van der Waals surface area (Å²) in [5.41, 5.74) is -1.93. The second-order valence-electron chi connectivity index (χ2n) is 7.66. The molecule has 32 heavy (non-hydrogen) atoms. The number of aromatic amines is 1. The van der Waals surface area contributed by atoms with E-state index in [9.17, 15) is 24.3 Å². The lowest BCUT2D eigenvalue weighted by molar-refractivity contribution is -0.167. The number of carbonyl (C=O) groups excluding carboxylic acids is 2. The third-order valence-corrected chi connectivity index (χ3v) is 5.49. The van der Waals surface area contributed by atoms with Crippen LogP contribution >= 0.6 is 0 Å². The maximum atomic E-state index is 12.6. The number of aliphatic hydroxyl groups is 1. The fourth-order valence-electron chi connectivity index (χ4n) is 3.96. The summed E-state index contributed by atoms with van der Waals surface area (Å²) in [6, 6.07) is 6.88. The predicted molar refractivity (Wildman–Crippen MR) is 112 cm³/mol. The molecule has 0 amide bonds. The largest absolute Gasteiger partial charge is 0.463 e. The third-order valence-electron chi connectivity index (χ3n) is 5.49. The average Bonchev–Trinajstić information content (AvgIpc) is 2.99. The molecule has 0 bridgehead atoms. The van der Waals surface area contributed by atoms with Gasteiger partial charge in [0.2, 0.25) is 0 Å². The van der Waals surface area contributed by atoms with E-state index in [0.29, 0.717) is 23.1 Å². The number of H-pyrrole nitrogens is 1. The molecule has 0 radical (unpaired) electrons. The molecule has 0 spiro atoms. The van der Waals surface area contributed by atoms with Gasteiger partial charge in [-0.05, 0) is 24.5 Å². The molecule has 0 aliphatic carbocycles. The lowest BCUT2D eigenvalue weighted by atomic mass is 9.82. The number of nitrogens with one attached hydrogen (secondary N) is 1. The fourth-order valence-corrected chi connectivity index (χ4v) is 3.96. The molecule has 172 valence electrons. The highest BCUT2D eigenvalue weighted by Crippen LogP contribution is 2.46. The van der Waals surface area contributed by atoms with Crippen molar-refractivity contribution in [1.82, 2.24) is 9.55 Å². The minimum Gasteiger partial charge on any atom is -0.463 e. The molecule has 3 rings (SSSR count). The average molecular weight is 446 g/mol. The highest BCUT2D eigenvalue weighted by molar-refractivity contribution is 5.67. The van der Waals surface area contributed by atoms with Crippen LogP contribution in [-0.2, 0) is 35.8 Å². The summed E-state index contributed by atoms with van der Waals surface area (Å²) in [5, 5.41) is 11.9. The van der Waals surface area contributed by atoms with E-state index in [0.717, 1.165) is 4.57 Å². The normalized spacial score (nSPS) is 24.8. The van der Waals surface area contributed by atoms with Crippen molar-refractivity contribution in [2.75, 3.05) is 6.61 Å². The van der Waals surface area contributed by atoms with Crippen molar-refractivity contribution in [1.29, 1.82) is 0 Å². The summed E-state index contributed by atoms with van der Waals surface area (Å²) in [7, 11) is 0. The number of carbonyl (C=O) groups is 2. The van der Waals surface area contributed by atoms with Gasteiger partial charge in [-0.1, -0.05) is 31.2 Å². The number of hydrogen-bond acceptors (Lipinski definition) is 8. The van der Waals surface area contributed by atoms with E-state index < -0.39 is 47.2 Å². The second kappa shape index (κ2) is 9.09. The number of ether oxygens (including phenoxy) is 3. The first-order valence-corrected chi connectivity index (χ1v) is 10.2. The summed E-state index contributed by atoms with van der Waals surface area (Å²) in [5.74, 6) is -1.31. The molecule has 2 aromatic rings. The predicted octanol–water partition coefficient (Wildman–Crippen LogP) is 0.687. The smallest absolute Gasteiger partial charge is 0.330 e. The highest BCUT2D eigenvalue weighted by Gasteiger charge is 2.60. The van der Waals surface area contributed by atoms with Gasteiger partial charge in [0.15, 0.2) is 17.9 Å². The minimum absolute atomic E-state index is 0.303. The van der Waals surface area contributed by atoms with E-state index in [1.807, 2.05) is 0 Å². The van der Waals surface area contributed by atoms with Crippen LogP contribution in [0.2, 0.25) is 0 Å². The fraction of sp³-hybridized carbons (Fsp3) is 0.455. The summed E-state index contributed by atoms with van der Waals surface area (Å²) in [6.45, 7) is 5.53. The number of rotatable bonds is 6. The number of aryl methyl sites for hydroxylation is 2. The van der Waals surface area contributed by atoms with E-state index in [2.05, 4.69) is 4.98 Å². The van der Waals surface area contributed by atoms with Crippen LogP contribution in [0.25, 0.3) is 0 Å². The SMILES string of the molecule is CCc1cn([C@@H]2O[C@H](COC(C)=O)[C@@](O)(c3ccccc3C)[C@H]2OC(C)=O)c(=O)[nH]c1=O. The van der Waals surface area contributed by atoms with Gasteiger partial charge in [0.05, 0.1) is 0 Å². The van der Waals surface area contributed by atoms with E-state index in [1.165, 1.54) is 20.0 Å². The topological polar surface area (TPSA) is 137 Å². The maximum Gasteiger partial charge on any atom is 0.330 e. The number of esters is 2. The Morgan fingerprint density at radius 1 is 1.22 bits per heavy atom. The Morgan fingerprint density at radius 2 is 1.91 bits per heavy atom. The van der Waals surface area contributed by atoms with Gasteiger partial charge in [0.1, 0.15) is 12.7 Å². The van der Waals surface area contributed by atoms with Gasteiger partial charge in [0.25, 0.3) is 5.56 Å². The van der Waals surface area contributed by atoms with Crippen LogP contribution in [0.3, 0.4) is 0 Å². The molecule has 1 aromatic carbocycles. The number of nitrogens with zero attached hydrogens (tertiary/aromatic N) is 1. The highest BCUT2D eigenvalue weighted by atomic mass is 16.6. The van der Waals surface area contributed by atoms with Crippen molar-refractivity contribution in [3.63, 3.8) is 0 Å². The Hall–Kier alpha value is -3.24. The first-order valence-electron chi connectivity index (χ1n) is 10.2. The van der Waals surface area contributed by atoms with Crippen LogP contribution in [0.1, 0.15) is 43.7 Å². The second-order valence-corrected chi connectivity index (χ2v) is 7.66. The van der Waals surface area contributed by atoms with Crippen molar-refractivity contribution >= 4 is 11.9 Å². The first-order chi connectivity index (χ1) is 15.1. The van der Waals surface area contributed by atoms with Crippen molar-refractivity contribution in [3.05, 3.63) is 68.0 Å². The zero-order valence-corrected chi connectivity index (χ0v) is 18.3. The van der Waals surface area contributed by atoms with Crippen molar-refractivity contribution < 1.29 is 28.9 Å². The van der Waals surface area contributed by atoms with E-state index in [1.54, 1.807) is 38.1 Å². The number of hydrogen-bond donors (Lipinski definition) is 2. The van der Waals surface area contributed by atoms with Gasteiger partial charge in [0, 0.05) is 25.6 Å². The third kappa shape index (κ3) is 4.23. The Kier molecular flexibility index (Phi) is 6.65. The lowest BCUT2D eigenvalue weighted by Gasteiger charge is -2.34. The lowest BCUT2D eigenvalue weighted by Crippen LogP contribution is -2.49. The van der Waals surface area contributed by atoms with Gasteiger partial charge in [-0.3, -0.25) is 23.9 Å². The molecule has 10 heteroatoms. The Morgan fingerprint density at radius 3 is 2.50 bits per heavy atom. The van der Waals surface area contributed by atoms with Crippen molar-refractivity contribution in [2.45, 2.75) is 58.2 Å². The van der Waals surface area contributed by atoms with Crippen LogP contribution in [0.4, 0.5) is 0 Å². The molecule has 2 heterocycles. The molecule has 1 aliphatic rings. The molecule has 10 nitrogen and oxygen atoms in total. The number of aromatic nitrogens is 2. The van der Waals surface area contributed by atoms with Gasteiger partial charge in [-0.25, -0.2) is 4.79 Å². The van der Waals surface area contributed by atoms with Crippen LogP contribution < -0.4 is 11.2 Å². The molecular formula is C22H26N2O8.